The van der Waals surface area contributed by atoms with Crippen LogP contribution < -0.4 is 5.73 Å². The Labute approximate surface area is 101 Å². The summed E-state index contributed by atoms with van der Waals surface area (Å²) in [5.74, 6) is 2.01. The average molecular weight is 227 g/mol. The van der Waals surface area contributed by atoms with E-state index in [1.165, 1.54) is 32.1 Å². The maximum absolute atomic E-state index is 6.45. The highest BCUT2D eigenvalue weighted by Gasteiger charge is 2.34. The quantitative estimate of drug-likeness (QED) is 0.783. The summed E-state index contributed by atoms with van der Waals surface area (Å²) in [5.41, 5.74) is 6.45. The molecule has 0 aromatic heterocycles. The number of hydrogen-bond donors (Lipinski definition) is 1. The van der Waals surface area contributed by atoms with Gasteiger partial charge in [-0.1, -0.05) is 46.5 Å². The van der Waals surface area contributed by atoms with Gasteiger partial charge in [0.2, 0.25) is 0 Å². The van der Waals surface area contributed by atoms with Gasteiger partial charge in [-0.2, -0.15) is 0 Å². The minimum Gasteiger partial charge on any atom is -0.380 e. The standard InChI is InChI=1S/C14H29NO/c1-5-11-8-6-7-9-12(11)13(15)14(16-4)10(2)3/h10-14H,5-9,15H2,1-4H3. The van der Waals surface area contributed by atoms with Crippen molar-refractivity contribution >= 4 is 0 Å². The van der Waals surface area contributed by atoms with Crippen LogP contribution in [-0.4, -0.2) is 19.3 Å². The van der Waals surface area contributed by atoms with E-state index in [4.69, 9.17) is 10.5 Å². The average Bonchev–Trinajstić information content (AvgIpc) is 2.29. The van der Waals surface area contributed by atoms with Crippen LogP contribution in [0.5, 0.6) is 0 Å². The summed E-state index contributed by atoms with van der Waals surface area (Å²) >= 11 is 0. The first-order valence-corrected chi connectivity index (χ1v) is 6.90. The predicted molar refractivity (Wildman–Crippen MR) is 69.3 cm³/mol. The number of hydrogen-bond acceptors (Lipinski definition) is 2. The molecule has 2 nitrogen and oxygen atoms in total. The lowest BCUT2D eigenvalue weighted by Crippen LogP contribution is -2.48. The topological polar surface area (TPSA) is 35.2 Å². The van der Waals surface area contributed by atoms with Gasteiger partial charge < -0.3 is 10.5 Å². The lowest BCUT2D eigenvalue weighted by Gasteiger charge is -2.39. The molecule has 1 rings (SSSR count). The maximum Gasteiger partial charge on any atom is 0.0747 e. The first-order chi connectivity index (χ1) is 7.61. The maximum atomic E-state index is 6.45. The Bertz CT molecular complexity index is 193. The monoisotopic (exact) mass is 227 g/mol. The van der Waals surface area contributed by atoms with E-state index in [0.717, 1.165) is 5.92 Å². The van der Waals surface area contributed by atoms with E-state index in [9.17, 15) is 0 Å². The Balaban J connectivity index is 2.65. The number of ether oxygens (including phenoxy) is 1. The summed E-state index contributed by atoms with van der Waals surface area (Å²) < 4.78 is 5.59. The molecule has 0 spiro atoms. The highest BCUT2D eigenvalue weighted by atomic mass is 16.5. The van der Waals surface area contributed by atoms with Crippen LogP contribution >= 0.6 is 0 Å². The van der Waals surface area contributed by atoms with Gasteiger partial charge in [0.15, 0.2) is 0 Å². The molecule has 1 aliphatic carbocycles. The van der Waals surface area contributed by atoms with Crippen LogP contribution in [0.25, 0.3) is 0 Å². The Morgan fingerprint density at radius 1 is 1.25 bits per heavy atom. The van der Waals surface area contributed by atoms with Gasteiger partial charge in [0.1, 0.15) is 0 Å². The highest BCUT2D eigenvalue weighted by molar-refractivity contribution is 4.88. The van der Waals surface area contributed by atoms with Gasteiger partial charge in [-0.3, -0.25) is 0 Å². The predicted octanol–water partition coefficient (Wildman–Crippen LogP) is 3.20. The van der Waals surface area contributed by atoms with Crippen LogP contribution in [0.4, 0.5) is 0 Å². The molecule has 0 amide bonds. The zero-order valence-corrected chi connectivity index (χ0v) is 11.4. The molecule has 0 saturated heterocycles. The van der Waals surface area contributed by atoms with Gasteiger partial charge in [0, 0.05) is 13.2 Å². The highest BCUT2D eigenvalue weighted by Crippen LogP contribution is 2.35. The normalized spacial score (nSPS) is 30.4. The largest absolute Gasteiger partial charge is 0.380 e. The molecule has 1 aliphatic rings. The summed E-state index contributed by atoms with van der Waals surface area (Å²) in [4.78, 5) is 0. The Kier molecular flexibility index (Phi) is 5.77. The Morgan fingerprint density at radius 3 is 2.38 bits per heavy atom. The van der Waals surface area contributed by atoms with Crippen molar-refractivity contribution in [3.8, 4) is 0 Å². The van der Waals surface area contributed by atoms with Gasteiger partial charge in [0.25, 0.3) is 0 Å². The lowest BCUT2D eigenvalue weighted by atomic mass is 9.72. The molecule has 0 bridgehead atoms. The second-order valence-corrected chi connectivity index (χ2v) is 5.64. The number of nitrogens with two attached hydrogens (primary N) is 1. The van der Waals surface area contributed by atoms with Gasteiger partial charge in [0.05, 0.1) is 6.10 Å². The molecule has 4 unspecified atom stereocenters. The van der Waals surface area contributed by atoms with E-state index in [0.29, 0.717) is 11.8 Å². The SMILES string of the molecule is CCC1CCCCC1C(N)C(OC)C(C)C. The van der Waals surface area contributed by atoms with Gasteiger partial charge in [-0.15, -0.1) is 0 Å². The van der Waals surface area contributed by atoms with Crippen molar-refractivity contribution in [2.24, 2.45) is 23.5 Å². The fourth-order valence-corrected chi connectivity index (χ4v) is 3.37. The molecule has 96 valence electrons. The first-order valence-electron chi connectivity index (χ1n) is 6.90. The molecular formula is C14H29NO. The Hall–Kier alpha value is -0.0800. The second kappa shape index (κ2) is 6.61. The van der Waals surface area contributed by atoms with E-state index >= 15 is 0 Å². The third-order valence-electron chi connectivity index (χ3n) is 4.30. The zero-order valence-electron chi connectivity index (χ0n) is 11.4. The molecule has 1 fully saturated rings. The van der Waals surface area contributed by atoms with E-state index < -0.39 is 0 Å². The van der Waals surface area contributed by atoms with Crippen molar-refractivity contribution in [1.29, 1.82) is 0 Å². The van der Waals surface area contributed by atoms with Gasteiger partial charge in [-0.05, 0) is 24.2 Å². The third-order valence-corrected chi connectivity index (χ3v) is 4.30. The number of rotatable bonds is 5. The minimum absolute atomic E-state index is 0.218. The van der Waals surface area contributed by atoms with Crippen LogP contribution in [0, 0.1) is 17.8 Å². The molecule has 0 heterocycles. The van der Waals surface area contributed by atoms with Crippen molar-refractivity contribution in [2.45, 2.75) is 65.0 Å². The molecule has 0 aromatic carbocycles. The fourth-order valence-electron chi connectivity index (χ4n) is 3.37. The first kappa shape index (κ1) is 14.0. The van der Waals surface area contributed by atoms with E-state index in [-0.39, 0.29) is 12.1 Å². The van der Waals surface area contributed by atoms with Crippen LogP contribution in [-0.2, 0) is 4.74 Å². The summed E-state index contributed by atoms with van der Waals surface area (Å²) in [6, 6.07) is 0.218. The third kappa shape index (κ3) is 3.21. The molecule has 0 radical (unpaired) electrons. The molecule has 2 heteroatoms. The van der Waals surface area contributed by atoms with Crippen molar-refractivity contribution in [1.82, 2.24) is 0 Å². The van der Waals surface area contributed by atoms with Gasteiger partial charge >= 0.3 is 0 Å². The van der Waals surface area contributed by atoms with E-state index in [1.807, 2.05) is 0 Å². The van der Waals surface area contributed by atoms with Gasteiger partial charge in [-0.25, -0.2) is 0 Å². The summed E-state index contributed by atoms with van der Waals surface area (Å²) in [6.45, 7) is 6.71. The Morgan fingerprint density at radius 2 is 1.88 bits per heavy atom. The van der Waals surface area contributed by atoms with Crippen molar-refractivity contribution in [3.63, 3.8) is 0 Å². The molecule has 0 aromatic rings. The summed E-state index contributed by atoms with van der Waals surface area (Å²) in [5, 5.41) is 0. The second-order valence-electron chi connectivity index (χ2n) is 5.64. The van der Waals surface area contributed by atoms with E-state index in [1.54, 1.807) is 7.11 Å². The summed E-state index contributed by atoms with van der Waals surface area (Å²) in [7, 11) is 1.80. The molecular weight excluding hydrogens is 198 g/mol. The van der Waals surface area contributed by atoms with E-state index in [2.05, 4.69) is 20.8 Å². The van der Waals surface area contributed by atoms with Crippen LogP contribution in [0.15, 0.2) is 0 Å². The van der Waals surface area contributed by atoms with Crippen molar-refractivity contribution < 1.29 is 4.74 Å². The minimum atomic E-state index is 0.218. The molecule has 4 atom stereocenters. The van der Waals surface area contributed by atoms with Crippen molar-refractivity contribution in [3.05, 3.63) is 0 Å². The molecule has 1 saturated carbocycles. The van der Waals surface area contributed by atoms with Crippen LogP contribution in [0.3, 0.4) is 0 Å². The molecule has 2 N–H and O–H groups in total. The van der Waals surface area contributed by atoms with Crippen LogP contribution in [0.2, 0.25) is 0 Å². The zero-order chi connectivity index (χ0) is 12.1. The smallest absolute Gasteiger partial charge is 0.0747 e. The molecule has 0 aliphatic heterocycles. The fraction of sp³-hybridized carbons (Fsp3) is 1.00. The molecule has 16 heavy (non-hydrogen) atoms. The number of methoxy groups -OCH3 is 1. The summed E-state index contributed by atoms with van der Waals surface area (Å²) in [6.07, 6.45) is 6.89. The van der Waals surface area contributed by atoms with Crippen LogP contribution in [0.1, 0.15) is 52.9 Å². The van der Waals surface area contributed by atoms with Crippen molar-refractivity contribution in [2.75, 3.05) is 7.11 Å². The lowest BCUT2D eigenvalue weighted by molar-refractivity contribution is 0.00918.